The third kappa shape index (κ3) is 2.94. The van der Waals surface area contributed by atoms with Gasteiger partial charge in [0.15, 0.2) is 0 Å². The molecule has 0 bridgehead atoms. The first-order chi connectivity index (χ1) is 15.1. The number of hydrogen-bond donors (Lipinski definition) is 1. The normalized spacial score (nSPS) is 18.1. The average molecular weight is 408 g/mol. The molecule has 1 saturated heterocycles. The van der Waals surface area contributed by atoms with Gasteiger partial charge in [0.05, 0.1) is 11.6 Å². The Balaban J connectivity index is 1.82. The van der Waals surface area contributed by atoms with Crippen LogP contribution in [0.3, 0.4) is 0 Å². The zero-order chi connectivity index (χ0) is 21.5. The molecule has 1 aromatic heterocycles. The average Bonchev–Trinajstić information content (AvgIpc) is 3.28. The maximum Gasteiger partial charge on any atom is 0.300 e. The lowest BCUT2D eigenvalue weighted by molar-refractivity contribution is -0.132. The fourth-order valence-corrected chi connectivity index (χ4v) is 4.32. The summed E-state index contributed by atoms with van der Waals surface area (Å²) < 4.78 is 1.97. The van der Waals surface area contributed by atoms with Gasteiger partial charge in [-0.1, -0.05) is 66.7 Å². The molecule has 1 aliphatic heterocycles. The van der Waals surface area contributed by atoms with Crippen molar-refractivity contribution in [3.05, 3.63) is 108 Å². The molecule has 1 amide bonds. The molecule has 2 heterocycles. The predicted octanol–water partition coefficient (Wildman–Crippen LogP) is 4.80. The van der Waals surface area contributed by atoms with E-state index in [1.54, 1.807) is 36.4 Å². The van der Waals surface area contributed by atoms with Gasteiger partial charge in [-0.05, 0) is 18.2 Å². The highest BCUT2D eigenvalue weighted by molar-refractivity contribution is 6.51. The maximum absolute atomic E-state index is 13.2. The van der Waals surface area contributed by atoms with Gasteiger partial charge in [0.25, 0.3) is 11.7 Å². The molecular weight excluding hydrogens is 388 g/mol. The van der Waals surface area contributed by atoms with Crippen LogP contribution in [0.15, 0.2) is 96.7 Å². The Bertz CT molecular complexity index is 1340. The first kappa shape index (κ1) is 18.9. The van der Waals surface area contributed by atoms with Gasteiger partial charge >= 0.3 is 0 Å². The summed E-state index contributed by atoms with van der Waals surface area (Å²) >= 11 is 0. The van der Waals surface area contributed by atoms with Gasteiger partial charge in [-0.2, -0.15) is 0 Å². The molecule has 0 saturated carbocycles. The number of ketones is 1. The van der Waals surface area contributed by atoms with E-state index in [9.17, 15) is 14.7 Å². The number of benzene rings is 3. The van der Waals surface area contributed by atoms with Crippen molar-refractivity contribution >= 4 is 34.0 Å². The fraction of sp³-hybridized carbons (Fsp3) is 0.0769. The third-order valence-electron chi connectivity index (χ3n) is 5.75. The predicted molar refractivity (Wildman–Crippen MR) is 121 cm³/mol. The highest BCUT2D eigenvalue weighted by atomic mass is 16.3. The molecule has 1 atom stereocenters. The fourth-order valence-electron chi connectivity index (χ4n) is 4.32. The molecule has 1 N–H and O–H groups in total. The minimum atomic E-state index is -0.742. The number of aromatic nitrogens is 1. The molecule has 0 aliphatic carbocycles. The number of para-hydroxylation sites is 2. The van der Waals surface area contributed by atoms with E-state index in [1.807, 2.05) is 66.3 Å². The van der Waals surface area contributed by atoms with Gasteiger partial charge in [0.1, 0.15) is 5.76 Å². The van der Waals surface area contributed by atoms with Crippen LogP contribution in [-0.2, 0) is 16.6 Å². The van der Waals surface area contributed by atoms with E-state index in [0.717, 1.165) is 16.5 Å². The van der Waals surface area contributed by atoms with Crippen molar-refractivity contribution in [3.8, 4) is 0 Å². The molecule has 5 rings (SSSR count). The van der Waals surface area contributed by atoms with Crippen molar-refractivity contribution in [1.82, 2.24) is 4.57 Å². The summed E-state index contributed by atoms with van der Waals surface area (Å²) in [5.74, 6) is -1.51. The molecule has 1 aliphatic rings. The molecule has 0 radical (unpaired) electrons. The summed E-state index contributed by atoms with van der Waals surface area (Å²) in [7, 11) is 1.93. The van der Waals surface area contributed by atoms with Gasteiger partial charge in [0, 0.05) is 41.0 Å². The number of Topliss-reactive ketones (excluding diaryl/α,β-unsaturated/α-hetero) is 1. The van der Waals surface area contributed by atoms with Crippen molar-refractivity contribution in [2.45, 2.75) is 6.04 Å². The highest BCUT2D eigenvalue weighted by Crippen LogP contribution is 2.44. The van der Waals surface area contributed by atoms with Crippen molar-refractivity contribution in [3.63, 3.8) is 0 Å². The Hall–Kier alpha value is -4.12. The second kappa shape index (κ2) is 7.29. The van der Waals surface area contributed by atoms with Crippen LogP contribution in [0, 0.1) is 0 Å². The van der Waals surface area contributed by atoms with Crippen LogP contribution in [-0.4, -0.2) is 21.4 Å². The number of carbonyl (C=O) groups excluding carboxylic acids is 2. The molecular formula is C26H20N2O3. The summed E-state index contributed by atoms with van der Waals surface area (Å²) in [4.78, 5) is 27.9. The van der Waals surface area contributed by atoms with Crippen LogP contribution in [0.25, 0.3) is 16.7 Å². The zero-order valence-electron chi connectivity index (χ0n) is 16.9. The summed E-state index contributed by atoms with van der Waals surface area (Å²) in [5, 5.41) is 12.1. The number of nitrogens with zero attached hydrogens (tertiary/aromatic N) is 2. The van der Waals surface area contributed by atoms with E-state index in [2.05, 4.69) is 0 Å². The van der Waals surface area contributed by atoms with Crippen molar-refractivity contribution < 1.29 is 14.7 Å². The molecule has 1 fully saturated rings. The Morgan fingerprint density at radius 3 is 2.16 bits per heavy atom. The molecule has 0 spiro atoms. The number of fused-ring (bicyclic) bond motifs is 1. The molecule has 5 nitrogen and oxygen atoms in total. The van der Waals surface area contributed by atoms with E-state index in [1.165, 1.54) is 4.90 Å². The highest BCUT2D eigenvalue weighted by Gasteiger charge is 2.47. The lowest BCUT2D eigenvalue weighted by atomic mass is 9.95. The number of carbonyl (C=O) groups is 2. The number of anilines is 1. The zero-order valence-corrected chi connectivity index (χ0v) is 16.9. The number of aryl methyl sites for hydroxylation is 1. The van der Waals surface area contributed by atoms with Gasteiger partial charge in [0.2, 0.25) is 0 Å². The molecule has 152 valence electrons. The summed E-state index contributed by atoms with van der Waals surface area (Å²) in [6.07, 6.45) is 1.93. The standard InChI is InChI=1S/C26H20N2O3/c1-27-16-20(19-14-8-9-15-21(19)27)23-22(24(29)17-10-4-2-5-11-17)25(30)26(31)28(23)18-12-6-3-7-13-18/h2-16,23,29H,1H3/b24-22+. The number of amides is 1. The van der Waals surface area contributed by atoms with Crippen molar-refractivity contribution in [2.75, 3.05) is 4.90 Å². The molecule has 1 unspecified atom stereocenters. The number of aliphatic hydroxyl groups excluding tert-OH is 1. The lowest BCUT2D eigenvalue weighted by Gasteiger charge is -2.25. The topological polar surface area (TPSA) is 62.5 Å². The van der Waals surface area contributed by atoms with Crippen molar-refractivity contribution in [2.24, 2.45) is 7.05 Å². The number of rotatable bonds is 3. The van der Waals surface area contributed by atoms with Crippen LogP contribution in [0.4, 0.5) is 5.69 Å². The number of aliphatic hydroxyl groups is 1. The van der Waals surface area contributed by atoms with E-state index in [0.29, 0.717) is 11.3 Å². The Kier molecular flexibility index (Phi) is 4.44. The summed E-state index contributed by atoms with van der Waals surface area (Å²) in [6.45, 7) is 0. The minimum Gasteiger partial charge on any atom is -0.507 e. The second-order valence-electron chi connectivity index (χ2n) is 7.58. The monoisotopic (exact) mass is 408 g/mol. The summed E-state index contributed by atoms with van der Waals surface area (Å²) in [5.41, 5.74) is 2.97. The SMILES string of the molecule is Cn1cc(C2/C(=C(\O)c3ccccc3)C(=O)C(=O)N2c2ccccc2)c2ccccc21. The molecule has 3 aromatic carbocycles. The van der Waals surface area contributed by atoms with Crippen molar-refractivity contribution in [1.29, 1.82) is 0 Å². The molecule has 5 heteroatoms. The first-order valence-corrected chi connectivity index (χ1v) is 10.0. The van der Waals surface area contributed by atoms with E-state index >= 15 is 0 Å². The van der Waals surface area contributed by atoms with E-state index in [4.69, 9.17) is 0 Å². The lowest BCUT2D eigenvalue weighted by Crippen LogP contribution is -2.29. The van der Waals surface area contributed by atoms with Gasteiger partial charge in [-0.3, -0.25) is 14.5 Å². The Morgan fingerprint density at radius 1 is 0.839 bits per heavy atom. The smallest absolute Gasteiger partial charge is 0.300 e. The van der Waals surface area contributed by atoms with Crippen LogP contribution in [0.1, 0.15) is 17.2 Å². The van der Waals surface area contributed by atoms with Crippen LogP contribution in [0.2, 0.25) is 0 Å². The quantitative estimate of drug-likeness (QED) is 0.301. The van der Waals surface area contributed by atoms with Gasteiger partial charge in [-0.15, -0.1) is 0 Å². The second-order valence-corrected chi connectivity index (χ2v) is 7.58. The maximum atomic E-state index is 13.2. The van der Waals surface area contributed by atoms with Crippen LogP contribution >= 0.6 is 0 Å². The number of hydrogen-bond acceptors (Lipinski definition) is 3. The summed E-state index contributed by atoms with van der Waals surface area (Å²) in [6, 6.07) is 25.1. The van der Waals surface area contributed by atoms with Gasteiger partial charge in [-0.25, -0.2) is 0 Å². The Morgan fingerprint density at radius 2 is 1.45 bits per heavy atom. The van der Waals surface area contributed by atoms with E-state index < -0.39 is 17.7 Å². The van der Waals surface area contributed by atoms with Gasteiger partial charge < -0.3 is 9.67 Å². The minimum absolute atomic E-state index is 0.0939. The first-order valence-electron chi connectivity index (χ1n) is 10.0. The van der Waals surface area contributed by atoms with Crippen LogP contribution in [0.5, 0.6) is 0 Å². The van der Waals surface area contributed by atoms with Crippen LogP contribution < -0.4 is 4.90 Å². The van der Waals surface area contributed by atoms with E-state index in [-0.39, 0.29) is 11.3 Å². The molecule has 31 heavy (non-hydrogen) atoms. The Labute approximate surface area is 179 Å². The molecule has 4 aromatic rings. The largest absolute Gasteiger partial charge is 0.507 e. The third-order valence-corrected chi connectivity index (χ3v) is 5.75.